The third-order valence-electron chi connectivity index (χ3n) is 7.98. The van der Waals surface area contributed by atoms with E-state index >= 15 is 0 Å². The molecule has 0 saturated carbocycles. The molecule has 216 valence electrons. The van der Waals surface area contributed by atoms with Crippen LogP contribution in [0, 0.1) is 0 Å². The number of aromatic nitrogens is 3. The summed E-state index contributed by atoms with van der Waals surface area (Å²) in [6.07, 6.45) is 0. The molecule has 8 aromatic rings. The van der Waals surface area contributed by atoms with Gasteiger partial charge in [-0.25, -0.2) is 15.0 Å². The molecule has 0 amide bonds. The van der Waals surface area contributed by atoms with Gasteiger partial charge in [0.2, 0.25) is 0 Å². The van der Waals surface area contributed by atoms with Gasteiger partial charge in [-0.05, 0) is 68.4 Å². The Morgan fingerprint density at radius 1 is 0.304 bits per heavy atom. The van der Waals surface area contributed by atoms with Crippen LogP contribution in [0.5, 0.6) is 0 Å². The first-order valence-electron chi connectivity index (χ1n) is 17.5. The van der Waals surface area contributed by atoms with Crippen LogP contribution < -0.4 is 0 Å². The summed E-state index contributed by atoms with van der Waals surface area (Å²) in [6, 6.07) is 46.6. The molecule has 0 spiro atoms. The van der Waals surface area contributed by atoms with Crippen LogP contribution in [0.4, 0.5) is 0 Å². The van der Waals surface area contributed by atoms with E-state index in [9.17, 15) is 0 Å². The molecule has 0 bridgehead atoms. The van der Waals surface area contributed by atoms with Crippen LogP contribution in [-0.4, -0.2) is 15.0 Å². The smallest absolute Gasteiger partial charge is 0.164 e. The van der Waals surface area contributed by atoms with Crippen molar-refractivity contribution in [1.29, 1.82) is 0 Å². The Kier molecular flexibility index (Phi) is 5.86. The predicted molar refractivity (Wildman–Crippen MR) is 190 cm³/mol. The van der Waals surface area contributed by atoms with Gasteiger partial charge in [-0.2, -0.15) is 0 Å². The predicted octanol–water partition coefficient (Wildman–Crippen LogP) is 11.0. The Balaban J connectivity index is 1.21. The van der Waals surface area contributed by atoms with Crippen molar-refractivity contribution in [2.24, 2.45) is 0 Å². The van der Waals surface area contributed by atoms with Crippen LogP contribution in [0.15, 0.2) is 176 Å². The van der Waals surface area contributed by atoms with Gasteiger partial charge in [0.25, 0.3) is 0 Å². The lowest BCUT2D eigenvalue weighted by molar-refractivity contribution is 1.07. The van der Waals surface area contributed by atoms with Gasteiger partial charge in [-0.1, -0.05) is 152 Å². The van der Waals surface area contributed by atoms with E-state index in [-0.39, 0.29) is 29.7 Å². The largest absolute Gasteiger partial charge is 0.208 e. The lowest BCUT2D eigenvalue weighted by atomic mass is 9.97. The Hall–Kier alpha value is -6.19. The molecule has 0 aliphatic heterocycles. The fourth-order valence-corrected chi connectivity index (χ4v) is 5.63. The third-order valence-corrected chi connectivity index (χ3v) is 7.98. The Bertz CT molecular complexity index is 2560. The molecule has 3 nitrogen and oxygen atoms in total. The summed E-state index contributed by atoms with van der Waals surface area (Å²) in [5.74, 6) is 1.38. The van der Waals surface area contributed by atoms with Crippen LogP contribution in [0.1, 0.15) is 6.85 Å². The van der Waals surface area contributed by atoms with E-state index < -0.39 is 6.04 Å². The number of fused-ring (bicyclic) bond motifs is 1. The maximum absolute atomic E-state index is 8.51. The zero-order chi connectivity index (χ0) is 35.1. The number of hydrogen-bond acceptors (Lipinski definition) is 3. The molecule has 8 rings (SSSR count). The van der Waals surface area contributed by atoms with Gasteiger partial charge in [0, 0.05) is 16.7 Å². The van der Waals surface area contributed by atoms with Crippen molar-refractivity contribution in [3.63, 3.8) is 0 Å². The SMILES string of the molecule is [2H]c1c([2H])c([2H])c(-c2cccc(-c3nc(-c4ccccc4)nc(-c4cccc(-c5ccc6cc(-c7ccccc7)ccc6c5)c4)n3)c2)c([2H])c1[2H]. The van der Waals surface area contributed by atoms with Crippen LogP contribution >= 0.6 is 0 Å². The number of nitrogens with zero attached hydrogens (tertiary/aromatic N) is 3. The second-order valence-electron chi connectivity index (χ2n) is 11.0. The van der Waals surface area contributed by atoms with Crippen LogP contribution in [0.25, 0.3) is 78.3 Å². The van der Waals surface area contributed by atoms with Crippen LogP contribution in [0.2, 0.25) is 0 Å². The van der Waals surface area contributed by atoms with E-state index in [1.165, 1.54) is 11.1 Å². The molecule has 0 saturated heterocycles. The van der Waals surface area contributed by atoms with E-state index in [1.54, 1.807) is 18.2 Å². The van der Waals surface area contributed by atoms with Gasteiger partial charge in [0.05, 0.1) is 6.85 Å². The van der Waals surface area contributed by atoms with Crippen molar-refractivity contribution in [3.8, 4) is 67.5 Å². The zero-order valence-electron chi connectivity index (χ0n) is 29.7. The minimum atomic E-state index is -0.428. The van der Waals surface area contributed by atoms with E-state index in [0.717, 1.165) is 33.0 Å². The Morgan fingerprint density at radius 2 is 0.717 bits per heavy atom. The van der Waals surface area contributed by atoms with Crippen molar-refractivity contribution in [3.05, 3.63) is 176 Å². The lowest BCUT2D eigenvalue weighted by Crippen LogP contribution is -2.00. The second kappa shape index (κ2) is 12.1. The quantitative estimate of drug-likeness (QED) is 0.193. The molecule has 3 heteroatoms. The molecule has 0 aliphatic rings. The first-order chi connectivity index (χ1) is 24.8. The third kappa shape index (κ3) is 5.58. The molecule has 7 aromatic carbocycles. The van der Waals surface area contributed by atoms with Gasteiger partial charge in [-0.3, -0.25) is 0 Å². The summed E-state index contributed by atoms with van der Waals surface area (Å²) in [5, 5.41) is 2.31. The molecule has 0 unspecified atom stereocenters. The monoisotopic (exact) mass is 592 g/mol. The topological polar surface area (TPSA) is 38.7 Å². The molecule has 1 heterocycles. The van der Waals surface area contributed by atoms with E-state index in [1.807, 2.05) is 54.6 Å². The van der Waals surface area contributed by atoms with Crippen molar-refractivity contribution in [1.82, 2.24) is 15.0 Å². The van der Waals surface area contributed by atoms with Crippen molar-refractivity contribution >= 4 is 10.8 Å². The Labute approximate surface area is 275 Å². The van der Waals surface area contributed by atoms with Crippen molar-refractivity contribution < 1.29 is 6.85 Å². The molecular weight excluding hydrogens is 558 g/mol. The molecule has 0 radical (unpaired) electrons. The van der Waals surface area contributed by atoms with Crippen LogP contribution in [-0.2, 0) is 0 Å². The number of benzene rings is 7. The molecule has 0 aliphatic carbocycles. The number of hydrogen-bond donors (Lipinski definition) is 0. The normalized spacial score (nSPS) is 12.6. The fraction of sp³-hybridized carbons (Fsp3) is 0. The minimum Gasteiger partial charge on any atom is -0.208 e. The molecular formula is C43H29N3. The lowest BCUT2D eigenvalue weighted by Gasteiger charge is -2.11. The average Bonchev–Trinajstić information content (AvgIpc) is 3.19. The van der Waals surface area contributed by atoms with E-state index in [4.69, 9.17) is 21.8 Å². The van der Waals surface area contributed by atoms with Gasteiger partial charge in [0.1, 0.15) is 0 Å². The molecule has 0 fully saturated rings. The second-order valence-corrected chi connectivity index (χ2v) is 11.0. The number of rotatable bonds is 6. The summed E-state index contributed by atoms with van der Waals surface area (Å²) in [7, 11) is 0. The highest BCUT2D eigenvalue weighted by molar-refractivity contribution is 5.91. The van der Waals surface area contributed by atoms with Gasteiger partial charge < -0.3 is 0 Å². The highest BCUT2D eigenvalue weighted by atomic mass is 15.0. The summed E-state index contributed by atoms with van der Waals surface area (Å²) in [4.78, 5) is 14.7. The fourth-order valence-electron chi connectivity index (χ4n) is 5.63. The van der Waals surface area contributed by atoms with Crippen LogP contribution in [0.3, 0.4) is 0 Å². The average molecular weight is 593 g/mol. The van der Waals surface area contributed by atoms with Gasteiger partial charge >= 0.3 is 0 Å². The summed E-state index contributed by atoms with van der Waals surface area (Å²) >= 11 is 0. The maximum Gasteiger partial charge on any atom is 0.164 e. The molecule has 46 heavy (non-hydrogen) atoms. The van der Waals surface area contributed by atoms with Crippen molar-refractivity contribution in [2.75, 3.05) is 0 Å². The van der Waals surface area contributed by atoms with Crippen molar-refractivity contribution in [2.45, 2.75) is 0 Å². The highest BCUT2D eigenvalue weighted by Crippen LogP contribution is 2.32. The van der Waals surface area contributed by atoms with Gasteiger partial charge in [-0.15, -0.1) is 0 Å². The summed E-state index contributed by atoms with van der Waals surface area (Å²) in [6.45, 7) is 0. The maximum atomic E-state index is 8.51. The van der Waals surface area contributed by atoms with E-state index in [0.29, 0.717) is 28.6 Å². The first-order valence-corrected chi connectivity index (χ1v) is 15.0. The Morgan fingerprint density at radius 3 is 1.28 bits per heavy atom. The highest BCUT2D eigenvalue weighted by Gasteiger charge is 2.14. The molecule has 1 aromatic heterocycles. The summed E-state index contributed by atoms with van der Waals surface area (Å²) < 4.78 is 41.4. The first kappa shape index (κ1) is 22.3. The standard InChI is InChI=1S/C43H29N3/c1-4-12-30(13-5-1)33-18-10-20-39(28-33)42-44-41(32-16-8-3-9-17-32)45-43(46-42)40-21-11-19-34(29-40)36-24-25-37-26-35(22-23-38(37)27-36)31-14-6-2-7-15-31/h1-29H/i1D,4D,5D,12D,13D. The molecule has 0 atom stereocenters. The van der Waals surface area contributed by atoms with E-state index in [2.05, 4.69) is 72.8 Å². The minimum absolute atomic E-state index is 0.125. The zero-order valence-corrected chi connectivity index (χ0v) is 24.7. The van der Waals surface area contributed by atoms with Gasteiger partial charge in [0.15, 0.2) is 17.5 Å². The molecule has 0 N–H and O–H groups in total. The summed E-state index contributed by atoms with van der Waals surface area (Å²) in [5.41, 5.74) is 7.32.